The van der Waals surface area contributed by atoms with Crippen molar-refractivity contribution in [3.63, 3.8) is 0 Å². The molecule has 0 aliphatic carbocycles. The lowest BCUT2D eigenvalue weighted by Gasteiger charge is -2.22. The zero-order valence-electron chi connectivity index (χ0n) is 14.8. The van der Waals surface area contributed by atoms with Crippen molar-refractivity contribution in [2.24, 2.45) is 0 Å². The molecule has 0 amide bonds. The molecule has 1 N–H and O–H groups in total. The zero-order chi connectivity index (χ0) is 18.9. The van der Waals surface area contributed by atoms with Gasteiger partial charge in [-0.25, -0.2) is 17.9 Å². The normalized spacial score (nSPS) is 13.5. The summed E-state index contributed by atoms with van der Waals surface area (Å²) in [6.07, 6.45) is 1.55. The molecular formula is C17H21N3O5S. The van der Waals surface area contributed by atoms with Gasteiger partial charge in [0.1, 0.15) is 5.76 Å². The van der Waals surface area contributed by atoms with Gasteiger partial charge in [-0.1, -0.05) is 0 Å². The molecule has 0 bridgehead atoms. The van der Waals surface area contributed by atoms with Crippen LogP contribution in [0.2, 0.25) is 0 Å². The van der Waals surface area contributed by atoms with E-state index >= 15 is 0 Å². The summed E-state index contributed by atoms with van der Waals surface area (Å²) in [6.45, 7) is 2.41. The predicted molar refractivity (Wildman–Crippen MR) is 96.5 cm³/mol. The fourth-order valence-electron chi connectivity index (χ4n) is 2.80. The van der Waals surface area contributed by atoms with Crippen LogP contribution in [0.3, 0.4) is 0 Å². The summed E-state index contributed by atoms with van der Waals surface area (Å²) in [5, 5.41) is 0. The van der Waals surface area contributed by atoms with Gasteiger partial charge in [0.15, 0.2) is 5.58 Å². The Morgan fingerprint density at radius 2 is 2.04 bits per heavy atom. The second kappa shape index (κ2) is 7.10. The van der Waals surface area contributed by atoms with Gasteiger partial charge in [-0.2, -0.15) is 0 Å². The molecule has 2 heterocycles. The number of nitrogens with zero attached hydrogens (tertiary/aromatic N) is 2. The lowest BCUT2D eigenvalue weighted by Crippen LogP contribution is -2.34. The van der Waals surface area contributed by atoms with E-state index in [0.717, 1.165) is 0 Å². The summed E-state index contributed by atoms with van der Waals surface area (Å²) in [4.78, 5) is 13.7. The number of benzene rings is 1. The predicted octanol–water partition coefficient (Wildman–Crippen LogP) is 1.79. The topological polar surface area (TPSA) is 97.7 Å². The lowest BCUT2D eigenvalue weighted by atomic mass is 10.2. The van der Waals surface area contributed by atoms with Crippen LogP contribution in [0, 0.1) is 0 Å². The van der Waals surface area contributed by atoms with Crippen LogP contribution in [0.5, 0.6) is 0 Å². The number of aromatic nitrogens is 1. The van der Waals surface area contributed by atoms with Gasteiger partial charge < -0.3 is 8.83 Å². The first-order chi connectivity index (χ1) is 12.3. The average Bonchev–Trinajstić information content (AvgIpc) is 3.20. The van der Waals surface area contributed by atoms with E-state index in [1.165, 1.54) is 16.7 Å². The first-order valence-electron chi connectivity index (χ1n) is 8.16. The Bertz CT molecular complexity index is 1050. The fourth-order valence-corrected chi connectivity index (χ4v) is 3.86. The Morgan fingerprint density at radius 3 is 2.65 bits per heavy atom. The van der Waals surface area contributed by atoms with Crippen molar-refractivity contribution in [3.05, 3.63) is 52.9 Å². The van der Waals surface area contributed by atoms with Gasteiger partial charge in [-0.05, 0) is 45.3 Å². The molecule has 0 saturated carbocycles. The Hall–Kier alpha value is -2.36. The van der Waals surface area contributed by atoms with Crippen molar-refractivity contribution in [2.75, 3.05) is 20.6 Å². The molecule has 0 fully saturated rings. The molecular weight excluding hydrogens is 358 g/mol. The number of nitrogens with one attached hydrogen (secondary N) is 1. The summed E-state index contributed by atoms with van der Waals surface area (Å²) < 4.78 is 39.9. The molecule has 0 saturated heterocycles. The van der Waals surface area contributed by atoms with Crippen LogP contribution in [0.4, 0.5) is 0 Å². The molecule has 1 unspecified atom stereocenters. The highest BCUT2D eigenvalue weighted by atomic mass is 32.2. The summed E-state index contributed by atoms with van der Waals surface area (Å²) in [5.74, 6) is 0.162. The minimum absolute atomic E-state index is 0.0407. The third-order valence-corrected chi connectivity index (χ3v) is 5.65. The van der Waals surface area contributed by atoms with Gasteiger partial charge in [0.2, 0.25) is 10.0 Å². The van der Waals surface area contributed by atoms with E-state index in [4.69, 9.17) is 8.83 Å². The van der Waals surface area contributed by atoms with E-state index < -0.39 is 15.8 Å². The number of fused-ring (bicyclic) bond motifs is 1. The molecule has 3 aromatic rings. The van der Waals surface area contributed by atoms with Gasteiger partial charge in [0, 0.05) is 19.2 Å². The molecule has 3 rings (SSSR count). The van der Waals surface area contributed by atoms with Crippen LogP contribution in [0.15, 0.2) is 55.1 Å². The van der Waals surface area contributed by atoms with Crippen molar-refractivity contribution < 1.29 is 17.3 Å². The van der Waals surface area contributed by atoms with Gasteiger partial charge in [-0.3, -0.25) is 9.47 Å². The fraction of sp³-hybridized carbons (Fsp3) is 0.353. The first kappa shape index (κ1) is 18.4. The van der Waals surface area contributed by atoms with Crippen molar-refractivity contribution in [3.8, 4) is 0 Å². The van der Waals surface area contributed by atoms with Crippen LogP contribution < -0.4 is 10.5 Å². The number of hydrogen-bond donors (Lipinski definition) is 1. The maximum atomic E-state index is 12.6. The monoisotopic (exact) mass is 379 g/mol. The van der Waals surface area contributed by atoms with E-state index in [1.807, 2.05) is 25.9 Å². The Kier molecular flexibility index (Phi) is 5.03. The van der Waals surface area contributed by atoms with Crippen molar-refractivity contribution in [1.82, 2.24) is 14.2 Å². The molecule has 2 aromatic heterocycles. The summed E-state index contributed by atoms with van der Waals surface area (Å²) in [7, 11) is -0.0855. The molecule has 0 aliphatic heterocycles. The Morgan fingerprint density at radius 1 is 1.27 bits per heavy atom. The quantitative estimate of drug-likeness (QED) is 0.672. The largest absolute Gasteiger partial charge is 0.468 e. The summed E-state index contributed by atoms with van der Waals surface area (Å²) in [6, 6.07) is 7.71. The molecule has 140 valence electrons. The molecule has 26 heavy (non-hydrogen) atoms. The highest BCUT2D eigenvalue weighted by Crippen LogP contribution is 2.21. The molecule has 0 radical (unpaired) electrons. The van der Waals surface area contributed by atoms with Crippen LogP contribution in [-0.2, 0) is 16.6 Å². The van der Waals surface area contributed by atoms with Gasteiger partial charge in [0.25, 0.3) is 0 Å². The minimum atomic E-state index is -3.77. The second-order valence-corrected chi connectivity index (χ2v) is 7.86. The van der Waals surface area contributed by atoms with E-state index in [9.17, 15) is 13.2 Å². The Balaban J connectivity index is 1.86. The van der Waals surface area contributed by atoms with Crippen molar-refractivity contribution in [2.45, 2.75) is 24.4 Å². The Labute approximate surface area is 151 Å². The maximum absolute atomic E-state index is 12.6. The number of oxazole rings is 1. The molecule has 8 nitrogen and oxygen atoms in total. The standard InChI is InChI=1S/C17H21N3O5S/c1-4-20-13-8-7-12(10-16(13)25-17(20)21)26(22,23)18-11-14(19(2)3)15-6-5-9-24-15/h5-10,14,18H,4,11H2,1-3H3. The highest BCUT2D eigenvalue weighted by Gasteiger charge is 2.22. The number of sulfonamides is 1. The minimum Gasteiger partial charge on any atom is -0.468 e. The van der Waals surface area contributed by atoms with E-state index in [-0.39, 0.29) is 23.1 Å². The number of likely N-dealkylation sites (N-methyl/N-ethyl adjacent to an activating group) is 1. The molecule has 0 aliphatic rings. The van der Waals surface area contributed by atoms with E-state index in [0.29, 0.717) is 17.8 Å². The average molecular weight is 379 g/mol. The first-order valence-corrected chi connectivity index (χ1v) is 9.64. The highest BCUT2D eigenvalue weighted by molar-refractivity contribution is 7.89. The summed E-state index contributed by atoms with van der Waals surface area (Å²) in [5.41, 5.74) is 0.813. The maximum Gasteiger partial charge on any atom is 0.419 e. The van der Waals surface area contributed by atoms with Crippen LogP contribution in [0.25, 0.3) is 11.1 Å². The number of hydrogen-bond acceptors (Lipinski definition) is 6. The number of furan rings is 1. The smallest absolute Gasteiger partial charge is 0.419 e. The van der Waals surface area contributed by atoms with Crippen LogP contribution in [-0.4, -0.2) is 38.5 Å². The molecule has 1 atom stereocenters. The number of aryl methyl sites for hydroxylation is 1. The van der Waals surface area contributed by atoms with Crippen molar-refractivity contribution in [1.29, 1.82) is 0 Å². The molecule has 1 aromatic carbocycles. The van der Waals surface area contributed by atoms with Gasteiger partial charge in [0.05, 0.1) is 22.7 Å². The van der Waals surface area contributed by atoms with Crippen LogP contribution in [0.1, 0.15) is 18.7 Å². The third kappa shape index (κ3) is 3.46. The van der Waals surface area contributed by atoms with E-state index in [2.05, 4.69) is 4.72 Å². The van der Waals surface area contributed by atoms with E-state index in [1.54, 1.807) is 24.5 Å². The number of rotatable bonds is 7. The zero-order valence-corrected chi connectivity index (χ0v) is 15.6. The molecule has 0 spiro atoms. The lowest BCUT2D eigenvalue weighted by molar-refractivity contribution is 0.259. The second-order valence-electron chi connectivity index (χ2n) is 6.09. The SMILES string of the molecule is CCn1c(=O)oc2cc(S(=O)(=O)NCC(c3ccco3)N(C)C)ccc21. The van der Waals surface area contributed by atoms with Gasteiger partial charge >= 0.3 is 5.76 Å². The summed E-state index contributed by atoms with van der Waals surface area (Å²) >= 11 is 0. The van der Waals surface area contributed by atoms with Crippen LogP contribution >= 0.6 is 0 Å². The third-order valence-electron chi connectivity index (χ3n) is 4.23. The van der Waals surface area contributed by atoms with Crippen molar-refractivity contribution >= 4 is 21.1 Å². The van der Waals surface area contributed by atoms with Gasteiger partial charge in [-0.15, -0.1) is 0 Å². The molecule has 9 heteroatoms.